The smallest absolute Gasteiger partial charge is 0.223 e. The van der Waals surface area contributed by atoms with Crippen LogP contribution in [0.1, 0.15) is 37.9 Å². The third kappa shape index (κ3) is 3.70. The summed E-state index contributed by atoms with van der Waals surface area (Å²) in [5.41, 5.74) is 0.561. The van der Waals surface area contributed by atoms with Crippen molar-refractivity contribution in [2.75, 3.05) is 13.2 Å². The highest BCUT2D eigenvalue weighted by Gasteiger charge is 2.34. The van der Waals surface area contributed by atoms with Crippen LogP contribution in [0.3, 0.4) is 0 Å². The maximum atomic E-state index is 13.4. The molecule has 1 aromatic rings. The first-order valence-electron chi connectivity index (χ1n) is 8.15. The van der Waals surface area contributed by atoms with Gasteiger partial charge in [-0.25, -0.2) is 8.78 Å². The molecule has 2 saturated heterocycles. The lowest BCUT2D eigenvalue weighted by atomic mass is 9.91. The fraction of sp³-hybridized carbons (Fsp3) is 0.588. The van der Waals surface area contributed by atoms with Gasteiger partial charge in [0.15, 0.2) is 11.6 Å². The lowest BCUT2D eigenvalue weighted by Gasteiger charge is -2.29. The van der Waals surface area contributed by atoms with E-state index in [1.807, 2.05) is 0 Å². The highest BCUT2D eigenvalue weighted by Crippen LogP contribution is 2.30. The van der Waals surface area contributed by atoms with Gasteiger partial charge in [0.2, 0.25) is 5.91 Å². The normalized spacial score (nSPS) is 31.1. The highest BCUT2D eigenvalue weighted by molar-refractivity contribution is 5.79. The van der Waals surface area contributed by atoms with Crippen molar-refractivity contribution in [3.63, 3.8) is 0 Å². The number of benzene rings is 1. The summed E-state index contributed by atoms with van der Waals surface area (Å²) in [5.74, 6) is -1.75. The van der Waals surface area contributed by atoms with Crippen LogP contribution >= 0.6 is 0 Å². The molecule has 2 aliphatic heterocycles. The zero-order chi connectivity index (χ0) is 16.4. The molecule has 4 atom stereocenters. The van der Waals surface area contributed by atoms with Crippen LogP contribution in [0.25, 0.3) is 0 Å². The number of rotatable bonds is 3. The van der Waals surface area contributed by atoms with E-state index in [1.165, 1.54) is 6.07 Å². The second kappa shape index (κ2) is 6.93. The Bertz CT molecular complexity index is 582. The third-order valence-electron chi connectivity index (χ3n) is 4.69. The summed E-state index contributed by atoms with van der Waals surface area (Å²) in [4.78, 5) is 12.5. The summed E-state index contributed by atoms with van der Waals surface area (Å²) in [6.45, 7) is 3.41. The van der Waals surface area contributed by atoms with Gasteiger partial charge in [0.05, 0.1) is 6.04 Å². The van der Waals surface area contributed by atoms with Gasteiger partial charge >= 0.3 is 0 Å². The molecule has 3 rings (SSSR count). The van der Waals surface area contributed by atoms with E-state index in [2.05, 4.69) is 17.6 Å². The van der Waals surface area contributed by atoms with Crippen LogP contribution in [0.2, 0.25) is 0 Å². The second-order valence-electron chi connectivity index (χ2n) is 6.45. The molecule has 0 radical (unpaired) electrons. The summed E-state index contributed by atoms with van der Waals surface area (Å²) < 4.78 is 32.2. The average molecular weight is 324 g/mol. The Morgan fingerprint density at radius 1 is 1.30 bits per heavy atom. The summed E-state index contributed by atoms with van der Waals surface area (Å²) in [7, 11) is 0. The number of nitrogens with one attached hydrogen (secondary N) is 2. The number of piperidine rings is 1. The Hall–Kier alpha value is -1.53. The molecule has 0 aromatic heterocycles. The van der Waals surface area contributed by atoms with Gasteiger partial charge in [-0.1, -0.05) is 6.07 Å². The lowest BCUT2D eigenvalue weighted by Crippen LogP contribution is -2.46. The van der Waals surface area contributed by atoms with E-state index in [4.69, 9.17) is 4.74 Å². The SMILES string of the molecule is C[C@H]1C[C@@H](C(=O)NC2CCOC2c2ccc(F)c(F)c2)CCN1. The molecule has 6 heteroatoms. The molecule has 2 fully saturated rings. The van der Waals surface area contributed by atoms with Gasteiger partial charge in [0.1, 0.15) is 6.10 Å². The highest BCUT2D eigenvalue weighted by atomic mass is 19.2. The number of carbonyl (C=O) groups is 1. The molecule has 126 valence electrons. The monoisotopic (exact) mass is 324 g/mol. The Labute approximate surface area is 134 Å². The van der Waals surface area contributed by atoms with Crippen molar-refractivity contribution in [3.05, 3.63) is 35.4 Å². The fourth-order valence-corrected chi connectivity index (χ4v) is 3.43. The minimum absolute atomic E-state index is 0.00236. The zero-order valence-electron chi connectivity index (χ0n) is 13.1. The van der Waals surface area contributed by atoms with Gasteiger partial charge < -0.3 is 15.4 Å². The predicted octanol–water partition coefficient (Wildman–Crippen LogP) is 2.30. The quantitative estimate of drug-likeness (QED) is 0.897. The second-order valence-corrected chi connectivity index (χ2v) is 6.45. The maximum absolute atomic E-state index is 13.4. The van der Waals surface area contributed by atoms with E-state index in [-0.39, 0.29) is 17.9 Å². The standard InChI is InChI=1S/C17H22F2N2O2/c1-10-8-12(4-6-20-10)17(22)21-15-5-7-23-16(15)11-2-3-13(18)14(19)9-11/h2-3,9-10,12,15-16,20H,4-8H2,1H3,(H,21,22)/t10-,12-,15?,16?/m0/s1. The molecule has 1 amide bonds. The number of ether oxygens (including phenoxy) is 1. The van der Waals surface area contributed by atoms with Gasteiger partial charge in [0, 0.05) is 18.6 Å². The summed E-state index contributed by atoms with van der Waals surface area (Å²) in [6.07, 6.45) is 1.89. The number of carbonyl (C=O) groups excluding carboxylic acids is 1. The van der Waals surface area contributed by atoms with Crippen molar-refractivity contribution in [2.24, 2.45) is 5.92 Å². The van der Waals surface area contributed by atoms with Crippen LogP contribution in [-0.4, -0.2) is 31.1 Å². The van der Waals surface area contributed by atoms with Crippen LogP contribution in [0.4, 0.5) is 8.78 Å². The van der Waals surface area contributed by atoms with E-state index in [0.29, 0.717) is 24.6 Å². The van der Waals surface area contributed by atoms with Gasteiger partial charge in [-0.15, -0.1) is 0 Å². The topological polar surface area (TPSA) is 50.4 Å². The van der Waals surface area contributed by atoms with Gasteiger partial charge in [0.25, 0.3) is 0 Å². The average Bonchev–Trinajstić information content (AvgIpc) is 2.98. The first kappa shape index (κ1) is 16.3. The van der Waals surface area contributed by atoms with Crippen LogP contribution < -0.4 is 10.6 Å². The van der Waals surface area contributed by atoms with Gasteiger partial charge in [-0.05, 0) is 50.4 Å². The van der Waals surface area contributed by atoms with Crippen molar-refractivity contribution in [1.82, 2.24) is 10.6 Å². The van der Waals surface area contributed by atoms with Crippen LogP contribution in [0.5, 0.6) is 0 Å². The predicted molar refractivity (Wildman–Crippen MR) is 81.8 cm³/mol. The molecule has 2 unspecified atom stereocenters. The molecule has 0 bridgehead atoms. The Morgan fingerprint density at radius 3 is 2.87 bits per heavy atom. The lowest BCUT2D eigenvalue weighted by molar-refractivity contribution is -0.127. The van der Waals surface area contributed by atoms with E-state index >= 15 is 0 Å². The first-order chi connectivity index (χ1) is 11.0. The molecule has 2 aliphatic rings. The van der Waals surface area contributed by atoms with Crippen LogP contribution in [0.15, 0.2) is 18.2 Å². The summed E-state index contributed by atoms with van der Waals surface area (Å²) in [5, 5.41) is 6.37. The molecule has 23 heavy (non-hydrogen) atoms. The van der Waals surface area contributed by atoms with E-state index < -0.39 is 17.7 Å². The third-order valence-corrected chi connectivity index (χ3v) is 4.69. The summed E-state index contributed by atoms with van der Waals surface area (Å²) in [6, 6.07) is 3.90. The van der Waals surface area contributed by atoms with Gasteiger partial charge in [-0.3, -0.25) is 4.79 Å². The molecule has 0 spiro atoms. The largest absolute Gasteiger partial charge is 0.371 e. The van der Waals surface area contributed by atoms with E-state index in [1.54, 1.807) is 0 Å². The Kier molecular flexibility index (Phi) is 4.92. The van der Waals surface area contributed by atoms with Crippen molar-refractivity contribution in [3.8, 4) is 0 Å². The first-order valence-corrected chi connectivity index (χ1v) is 8.15. The molecule has 2 N–H and O–H groups in total. The van der Waals surface area contributed by atoms with Crippen molar-refractivity contribution < 1.29 is 18.3 Å². The van der Waals surface area contributed by atoms with Crippen molar-refractivity contribution in [2.45, 2.75) is 44.4 Å². The van der Waals surface area contributed by atoms with Crippen molar-refractivity contribution >= 4 is 5.91 Å². The van der Waals surface area contributed by atoms with Crippen LogP contribution in [-0.2, 0) is 9.53 Å². The molecule has 4 nitrogen and oxygen atoms in total. The molecular weight excluding hydrogens is 302 g/mol. The minimum Gasteiger partial charge on any atom is -0.371 e. The molecule has 2 heterocycles. The Balaban J connectivity index is 1.66. The maximum Gasteiger partial charge on any atom is 0.223 e. The zero-order valence-corrected chi connectivity index (χ0v) is 13.1. The summed E-state index contributed by atoms with van der Waals surface area (Å²) >= 11 is 0. The number of halogens is 2. The van der Waals surface area contributed by atoms with E-state index in [9.17, 15) is 13.6 Å². The van der Waals surface area contributed by atoms with Gasteiger partial charge in [-0.2, -0.15) is 0 Å². The number of hydrogen-bond donors (Lipinski definition) is 2. The van der Waals surface area contributed by atoms with Crippen LogP contribution in [0, 0.1) is 17.6 Å². The molecule has 1 aromatic carbocycles. The number of amides is 1. The molecule has 0 aliphatic carbocycles. The minimum atomic E-state index is -0.893. The molecule has 0 saturated carbocycles. The van der Waals surface area contributed by atoms with E-state index in [0.717, 1.165) is 31.5 Å². The van der Waals surface area contributed by atoms with Crippen molar-refractivity contribution in [1.29, 1.82) is 0 Å². The fourth-order valence-electron chi connectivity index (χ4n) is 3.43. The molecular formula is C17H22F2N2O2. The Morgan fingerprint density at radius 2 is 2.13 bits per heavy atom. The number of hydrogen-bond acceptors (Lipinski definition) is 3.